The first-order chi connectivity index (χ1) is 6.44. The molecule has 0 saturated carbocycles. The molecule has 0 aliphatic rings. The van der Waals surface area contributed by atoms with E-state index in [9.17, 15) is 4.79 Å². The molecule has 0 saturated heterocycles. The van der Waals surface area contributed by atoms with Crippen LogP contribution in [0.15, 0.2) is 0 Å². The minimum absolute atomic E-state index is 0.162. The molecule has 14 heavy (non-hydrogen) atoms. The highest BCUT2D eigenvalue weighted by molar-refractivity contribution is 5.84. The van der Waals surface area contributed by atoms with Crippen molar-refractivity contribution >= 4 is 5.91 Å². The fourth-order valence-electron chi connectivity index (χ4n) is 1.04. The van der Waals surface area contributed by atoms with E-state index in [1.54, 1.807) is 13.8 Å². The highest BCUT2D eigenvalue weighted by atomic mass is 16.2. The summed E-state index contributed by atoms with van der Waals surface area (Å²) in [6.45, 7) is 7.36. The Morgan fingerprint density at radius 1 is 1.57 bits per heavy atom. The van der Waals surface area contributed by atoms with Crippen LogP contribution in [-0.2, 0) is 4.79 Å². The number of carbonyl (C=O) groups excluding carboxylic acids is 1. The lowest BCUT2D eigenvalue weighted by Gasteiger charge is -2.19. The topological polar surface area (TPSA) is 52.9 Å². The Kier molecular flexibility index (Phi) is 5.22. The molecule has 80 valence electrons. The van der Waals surface area contributed by atoms with E-state index in [2.05, 4.69) is 12.2 Å². The maximum absolute atomic E-state index is 11.5. The van der Waals surface area contributed by atoms with Crippen LogP contribution >= 0.6 is 0 Å². The van der Waals surface area contributed by atoms with E-state index in [1.165, 1.54) is 0 Å². The van der Waals surface area contributed by atoms with Gasteiger partial charge in [-0.3, -0.25) is 4.79 Å². The Morgan fingerprint density at radius 2 is 2.14 bits per heavy atom. The van der Waals surface area contributed by atoms with Crippen LogP contribution < -0.4 is 5.32 Å². The number of rotatable bonds is 5. The van der Waals surface area contributed by atoms with Gasteiger partial charge in [0.25, 0.3) is 0 Å². The monoisotopic (exact) mass is 196 g/mol. The fourth-order valence-corrected chi connectivity index (χ4v) is 1.04. The van der Waals surface area contributed by atoms with Crippen molar-refractivity contribution in [2.24, 2.45) is 5.41 Å². The second-order valence-corrected chi connectivity index (χ2v) is 4.25. The zero-order valence-electron chi connectivity index (χ0n) is 9.55. The molecule has 1 amide bonds. The number of hydrogen-bond donors (Lipinski definition) is 1. The van der Waals surface area contributed by atoms with E-state index in [-0.39, 0.29) is 11.9 Å². The van der Waals surface area contributed by atoms with E-state index >= 15 is 0 Å². The second kappa shape index (κ2) is 5.64. The summed E-state index contributed by atoms with van der Waals surface area (Å²) in [5.41, 5.74) is -0.916. The maximum atomic E-state index is 11.5. The molecular formula is C11H20N2O. The lowest BCUT2D eigenvalue weighted by molar-refractivity contribution is -0.127. The standard InChI is InChI=1S/C11H20N2O/c1-5-6-7-9(2)13-10(14)11(3,4)8-12/h9H,5-7H2,1-4H3,(H,13,14). The quantitative estimate of drug-likeness (QED) is 0.733. The first-order valence-corrected chi connectivity index (χ1v) is 5.16. The molecule has 0 heterocycles. The summed E-state index contributed by atoms with van der Waals surface area (Å²) >= 11 is 0. The molecule has 1 unspecified atom stereocenters. The molecule has 0 rings (SSSR count). The number of nitrogens with zero attached hydrogens (tertiary/aromatic N) is 1. The van der Waals surface area contributed by atoms with Gasteiger partial charge < -0.3 is 5.32 Å². The molecule has 3 nitrogen and oxygen atoms in total. The molecule has 3 heteroatoms. The predicted molar refractivity (Wildman–Crippen MR) is 56.5 cm³/mol. The van der Waals surface area contributed by atoms with Gasteiger partial charge in [-0.05, 0) is 27.2 Å². The molecule has 0 aromatic carbocycles. The third-order valence-electron chi connectivity index (χ3n) is 2.22. The molecule has 0 radical (unpaired) electrons. The molecule has 0 bridgehead atoms. The van der Waals surface area contributed by atoms with Gasteiger partial charge in [-0.2, -0.15) is 5.26 Å². The van der Waals surface area contributed by atoms with E-state index in [0.29, 0.717) is 0 Å². The Morgan fingerprint density at radius 3 is 2.57 bits per heavy atom. The van der Waals surface area contributed by atoms with Gasteiger partial charge in [0.2, 0.25) is 5.91 Å². The van der Waals surface area contributed by atoms with Crippen LogP contribution in [-0.4, -0.2) is 11.9 Å². The highest BCUT2D eigenvalue weighted by Gasteiger charge is 2.27. The predicted octanol–water partition coefficient (Wildman–Crippen LogP) is 2.23. The Labute approximate surface area is 86.5 Å². The summed E-state index contributed by atoms with van der Waals surface area (Å²) in [5, 5.41) is 11.6. The van der Waals surface area contributed by atoms with Gasteiger partial charge in [0.15, 0.2) is 0 Å². The summed E-state index contributed by atoms with van der Waals surface area (Å²) in [5.74, 6) is -0.177. The smallest absolute Gasteiger partial charge is 0.240 e. The van der Waals surface area contributed by atoms with Crippen LogP contribution in [0.25, 0.3) is 0 Å². The van der Waals surface area contributed by atoms with Crippen LogP contribution in [0.5, 0.6) is 0 Å². The van der Waals surface area contributed by atoms with Gasteiger partial charge in [-0.15, -0.1) is 0 Å². The minimum atomic E-state index is -0.916. The normalized spacial score (nSPS) is 13.1. The third-order valence-corrected chi connectivity index (χ3v) is 2.22. The van der Waals surface area contributed by atoms with E-state index in [1.807, 2.05) is 13.0 Å². The average Bonchev–Trinajstić information content (AvgIpc) is 2.14. The van der Waals surface area contributed by atoms with E-state index in [4.69, 9.17) is 5.26 Å². The number of hydrogen-bond acceptors (Lipinski definition) is 2. The van der Waals surface area contributed by atoms with Crippen LogP contribution in [0.3, 0.4) is 0 Å². The van der Waals surface area contributed by atoms with Gasteiger partial charge in [-0.25, -0.2) is 0 Å². The van der Waals surface area contributed by atoms with Crippen molar-refractivity contribution in [2.45, 2.75) is 53.0 Å². The van der Waals surface area contributed by atoms with Crippen LogP contribution in [0.4, 0.5) is 0 Å². The van der Waals surface area contributed by atoms with Gasteiger partial charge in [0.05, 0.1) is 6.07 Å². The van der Waals surface area contributed by atoms with Crippen molar-refractivity contribution < 1.29 is 4.79 Å². The summed E-state index contributed by atoms with van der Waals surface area (Å²) in [7, 11) is 0. The number of nitriles is 1. The highest BCUT2D eigenvalue weighted by Crippen LogP contribution is 2.13. The first-order valence-electron chi connectivity index (χ1n) is 5.16. The number of amides is 1. The van der Waals surface area contributed by atoms with Crippen LogP contribution in [0.1, 0.15) is 47.0 Å². The Balaban J connectivity index is 4.01. The second-order valence-electron chi connectivity index (χ2n) is 4.25. The molecule has 0 fully saturated rings. The summed E-state index contributed by atoms with van der Waals surface area (Å²) in [4.78, 5) is 11.5. The Hall–Kier alpha value is -1.04. The molecule has 0 aromatic rings. The van der Waals surface area contributed by atoms with Crippen molar-refractivity contribution in [3.63, 3.8) is 0 Å². The van der Waals surface area contributed by atoms with E-state index in [0.717, 1.165) is 19.3 Å². The Bertz CT molecular complexity index is 228. The fraction of sp³-hybridized carbons (Fsp3) is 0.818. The van der Waals surface area contributed by atoms with Crippen molar-refractivity contribution in [1.29, 1.82) is 5.26 Å². The first kappa shape index (κ1) is 13.0. The molecule has 1 N–H and O–H groups in total. The van der Waals surface area contributed by atoms with E-state index < -0.39 is 5.41 Å². The summed E-state index contributed by atoms with van der Waals surface area (Å²) in [6.07, 6.45) is 3.21. The largest absolute Gasteiger partial charge is 0.352 e. The zero-order chi connectivity index (χ0) is 11.2. The van der Waals surface area contributed by atoms with Crippen molar-refractivity contribution in [3.05, 3.63) is 0 Å². The summed E-state index contributed by atoms with van der Waals surface area (Å²) < 4.78 is 0. The van der Waals surface area contributed by atoms with Gasteiger partial charge in [0.1, 0.15) is 5.41 Å². The molecule has 0 aliphatic carbocycles. The SMILES string of the molecule is CCCCC(C)NC(=O)C(C)(C)C#N. The molecular weight excluding hydrogens is 176 g/mol. The van der Waals surface area contributed by atoms with Crippen molar-refractivity contribution in [1.82, 2.24) is 5.32 Å². The van der Waals surface area contributed by atoms with Crippen LogP contribution in [0, 0.1) is 16.7 Å². The third kappa shape index (κ3) is 4.27. The zero-order valence-corrected chi connectivity index (χ0v) is 9.55. The van der Waals surface area contributed by atoms with Crippen molar-refractivity contribution in [3.8, 4) is 6.07 Å². The molecule has 0 aliphatic heterocycles. The average molecular weight is 196 g/mol. The van der Waals surface area contributed by atoms with Crippen molar-refractivity contribution in [2.75, 3.05) is 0 Å². The van der Waals surface area contributed by atoms with Gasteiger partial charge in [0, 0.05) is 6.04 Å². The molecule has 0 spiro atoms. The van der Waals surface area contributed by atoms with Gasteiger partial charge >= 0.3 is 0 Å². The lowest BCUT2D eigenvalue weighted by atomic mass is 9.94. The number of carbonyl (C=O) groups is 1. The van der Waals surface area contributed by atoms with Gasteiger partial charge in [-0.1, -0.05) is 19.8 Å². The molecule has 0 aromatic heterocycles. The molecule has 1 atom stereocenters. The minimum Gasteiger partial charge on any atom is -0.352 e. The summed E-state index contributed by atoms with van der Waals surface area (Å²) in [6, 6.07) is 2.15. The maximum Gasteiger partial charge on any atom is 0.240 e. The number of nitrogens with one attached hydrogen (secondary N) is 1. The van der Waals surface area contributed by atoms with Crippen LogP contribution in [0.2, 0.25) is 0 Å². The number of unbranched alkanes of at least 4 members (excludes halogenated alkanes) is 1. The lowest BCUT2D eigenvalue weighted by Crippen LogP contribution is -2.41.